The standard InChI is InChI=1S/C17H22N2S/c1-14-13-15-7-3-4-8-16(15)18-17(14)20-12-11-19-9-5-2-6-10-19/h3-4,7-8,13H,2,5-6,9-12H2,1H3. The molecule has 0 spiro atoms. The van der Waals surface area contributed by atoms with E-state index in [9.17, 15) is 0 Å². The molecule has 1 aromatic heterocycles. The molecular formula is C17H22N2S. The van der Waals surface area contributed by atoms with E-state index in [0.29, 0.717) is 0 Å². The summed E-state index contributed by atoms with van der Waals surface area (Å²) in [7, 11) is 0. The number of aromatic nitrogens is 1. The van der Waals surface area contributed by atoms with Gasteiger partial charge >= 0.3 is 0 Å². The number of hydrogen-bond acceptors (Lipinski definition) is 3. The Morgan fingerprint density at radius 1 is 1.15 bits per heavy atom. The van der Waals surface area contributed by atoms with Gasteiger partial charge in [-0.15, -0.1) is 11.8 Å². The van der Waals surface area contributed by atoms with Gasteiger partial charge in [0.25, 0.3) is 0 Å². The number of fused-ring (bicyclic) bond motifs is 1. The highest BCUT2D eigenvalue weighted by Crippen LogP contribution is 2.24. The Morgan fingerprint density at radius 2 is 1.95 bits per heavy atom. The molecule has 0 unspecified atom stereocenters. The molecule has 106 valence electrons. The highest BCUT2D eigenvalue weighted by molar-refractivity contribution is 7.99. The predicted molar refractivity (Wildman–Crippen MR) is 87.5 cm³/mol. The molecule has 0 aliphatic carbocycles. The molecule has 0 bridgehead atoms. The fourth-order valence-electron chi connectivity index (χ4n) is 2.80. The van der Waals surface area contributed by atoms with Gasteiger partial charge in [-0.05, 0) is 50.6 Å². The highest BCUT2D eigenvalue weighted by Gasteiger charge is 2.10. The number of piperidine rings is 1. The summed E-state index contributed by atoms with van der Waals surface area (Å²) in [5.41, 5.74) is 2.41. The van der Waals surface area contributed by atoms with Crippen molar-refractivity contribution in [3.8, 4) is 0 Å². The number of nitrogens with zero attached hydrogens (tertiary/aromatic N) is 2. The van der Waals surface area contributed by atoms with Crippen LogP contribution in [0, 0.1) is 6.92 Å². The third kappa shape index (κ3) is 3.33. The molecule has 2 aromatic rings. The summed E-state index contributed by atoms with van der Waals surface area (Å²) < 4.78 is 0. The Kier molecular flexibility index (Phi) is 4.58. The summed E-state index contributed by atoms with van der Waals surface area (Å²) in [6.45, 7) is 5.93. The molecule has 2 heterocycles. The molecule has 0 atom stereocenters. The Hall–Kier alpha value is -1.06. The van der Waals surface area contributed by atoms with Gasteiger partial charge in [0, 0.05) is 17.7 Å². The van der Waals surface area contributed by atoms with Gasteiger partial charge in [0.1, 0.15) is 0 Å². The number of hydrogen-bond donors (Lipinski definition) is 0. The largest absolute Gasteiger partial charge is 0.303 e. The smallest absolute Gasteiger partial charge is 0.0997 e. The maximum atomic E-state index is 4.80. The van der Waals surface area contributed by atoms with Crippen LogP contribution in [0.15, 0.2) is 35.4 Å². The first-order valence-corrected chi connectivity index (χ1v) is 8.53. The molecule has 0 radical (unpaired) electrons. The minimum Gasteiger partial charge on any atom is -0.303 e. The van der Waals surface area contributed by atoms with E-state index in [-0.39, 0.29) is 0 Å². The van der Waals surface area contributed by atoms with Crippen molar-refractivity contribution in [2.24, 2.45) is 0 Å². The normalized spacial score (nSPS) is 16.6. The maximum absolute atomic E-state index is 4.80. The number of pyridine rings is 1. The van der Waals surface area contributed by atoms with Gasteiger partial charge in [-0.3, -0.25) is 0 Å². The van der Waals surface area contributed by atoms with E-state index < -0.39 is 0 Å². The average Bonchev–Trinajstić information content (AvgIpc) is 2.49. The van der Waals surface area contributed by atoms with Gasteiger partial charge < -0.3 is 4.90 Å². The number of benzene rings is 1. The van der Waals surface area contributed by atoms with E-state index in [4.69, 9.17) is 4.98 Å². The second kappa shape index (κ2) is 6.59. The molecule has 0 amide bonds. The predicted octanol–water partition coefficient (Wildman–Crippen LogP) is 4.12. The molecule has 1 aliphatic heterocycles. The minimum absolute atomic E-state index is 1.11. The van der Waals surface area contributed by atoms with E-state index in [1.807, 2.05) is 11.8 Å². The first-order chi connectivity index (χ1) is 9.83. The van der Waals surface area contributed by atoms with Gasteiger partial charge in [-0.25, -0.2) is 4.98 Å². The zero-order chi connectivity index (χ0) is 13.8. The fourth-order valence-corrected chi connectivity index (χ4v) is 3.80. The molecule has 1 aliphatic rings. The van der Waals surface area contributed by atoms with E-state index in [1.54, 1.807) is 0 Å². The van der Waals surface area contributed by atoms with E-state index in [0.717, 1.165) is 11.3 Å². The first kappa shape index (κ1) is 13.9. The maximum Gasteiger partial charge on any atom is 0.0997 e. The molecule has 1 fully saturated rings. The third-order valence-corrected chi connectivity index (χ3v) is 5.04. The lowest BCUT2D eigenvalue weighted by molar-refractivity contribution is 0.242. The minimum atomic E-state index is 1.11. The van der Waals surface area contributed by atoms with Crippen LogP contribution in [0.3, 0.4) is 0 Å². The molecule has 3 heteroatoms. The van der Waals surface area contributed by atoms with Gasteiger partial charge in [-0.2, -0.15) is 0 Å². The molecule has 1 aromatic carbocycles. The molecule has 20 heavy (non-hydrogen) atoms. The second-order valence-electron chi connectivity index (χ2n) is 5.55. The fraction of sp³-hybridized carbons (Fsp3) is 0.471. The SMILES string of the molecule is Cc1cc2ccccc2nc1SCCN1CCCCC1. The van der Waals surface area contributed by atoms with E-state index in [1.165, 1.54) is 54.9 Å². The zero-order valence-electron chi connectivity index (χ0n) is 12.1. The van der Waals surface area contributed by atoms with Crippen LogP contribution in [-0.2, 0) is 0 Å². The summed E-state index contributed by atoms with van der Waals surface area (Å²) in [6.07, 6.45) is 4.16. The zero-order valence-corrected chi connectivity index (χ0v) is 13.0. The van der Waals surface area contributed by atoms with Crippen molar-refractivity contribution in [1.29, 1.82) is 0 Å². The van der Waals surface area contributed by atoms with Crippen LogP contribution in [0.1, 0.15) is 24.8 Å². The van der Waals surface area contributed by atoms with Crippen LogP contribution in [0.25, 0.3) is 10.9 Å². The van der Waals surface area contributed by atoms with Crippen LogP contribution in [0.5, 0.6) is 0 Å². The lowest BCUT2D eigenvalue weighted by Crippen LogP contribution is -2.31. The van der Waals surface area contributed by atoms with Crippen molar-refractivity contribution in [3.05, 3.63) is 35.9 Å². The van der Waals surface area contributed by atoms with Gasteiger partial charge in [0.2, 0.25) is 0 Å². The molecule has 0 saturated carbocycles. The van der Waals surface area contributed by atoms with Crippen LogP contribution in [0.4, 0.5) is 0 Å². The topological polar surface area (TPSA) is 16.1 Å². The Bertz CT molecular complexity index is 576. The van der Waals surface area contributed by atoms with Crippen molar-refractivity contribution in [2.75, 3.05) is 25.4 Å². The van der Waals surface area contributed by atoms with Crippen LogP contribution < -0.4 is 0 Å². The van der Waals surface area contributed by atoms with E-state index in [2.05, 4.69) is 42.2 Å². The Morgan fingerprint density at radius 3 is 2.80 bits per heavy atom. The third-order valence-electron chi connectivity index (χ3n) is 3.96. The monoisotopic (exact) mass is 286 g/mol. The number of rotatable bonds is 4. The van der Waals surface area contributed by atoms with Crippen molar-refractivity contribution < 1.29 is 0 Å². The quantitative estimate of drug-likeness (QED) is 0.787. The van der Waals surface area contributed by atoms with Crippen LogP contribution >= 0.6 is 11.8 Å². The lowest BCUT2D eigenvalue weighted by Gasteiger charge is -2.26. The summed E-state index contributed by atoms with van der Waals surface area (Å²) in [5.74, 6) is 1.15. The van der Waals surface area contributed by atoms with Gasteiger partial charge in [-0.1, -0.05) is 24.6 Å². The van der Waals surface area contributed by atoms with Gasteiger partial charge in [0.15, 0.2) is 0 Å². The number of aryl methyl sites for hydroxylation is 1. The lowest BCUT2D eigenvalue weighted by atomic mass is 10.1. The molecule has 0 N–H and O–H groups in total. The number of likely N-dealkylation sites (tertiary alicyclic amines) is 1. The van der Waals surface area contributed by atoms with E-state index >= 15 is 0 Å². The van der Waals surface area contributed by atoms with Crippen molar-refractivity contribution >= 4 is 22.7 Å². The van der Waals surface area contributed by atoms with Gasteiger partial charge in [0.05, 0.1) is 10.5 Å². The molecular weight excluding hydrogens is 264 g/mol. The highest BCUT2D eigenvalue weighted by atomic mass is 32.2. The summed E-state index contributed by atoms with van der Waals surface area (Å²) in [6, 6.07) is 10.6. The molecule has 3 rings (SSSR count). The summed E-state index contributed by atoms with van der Waals surface area (Å²) in [5, 5.41) is 2.44. The second-order valence-corrected chi connectivity index (χ2v) is 6.64. The molecule has 2 nitrogen and oxygen atoms in total. The van der Waals surface area contributed by atoms with Crippen molar-refractivity contribution in [2.45, 2.75) is 31.2 Å². The Labute approximate surface area is 125 Å². The van der Waals surface area contributed by atoms with Crippen molar-refractivity contribution in [3.63, 3.8) is 0 Å². The Balaban J connectivity index is 1.63. The first-order valence-electron chi connectivity index (χ1n) is 7.54. The van der Waals surface area contributed by atoms with Crippen molar-refractivity contribution in [1.82, 2.24) is 9.88 Å². The summed E-state index contributed by atoms with van der Waals surface area (Å²) in [4.78, 5) is 7.39. The van der Waals surface area contributed by atoms with Crippen LogP contribution in [0.2, 0.25) is 0 Å². The number of thioether (sulfide) groups is 1. The number of para-hydroxylation sites is 1. The summed E-state index contributed by atoms with van der Waals surface area (Å²) >= 11 is 1.90. The average molecular weight is 286 g/mol. The molecule has 1 saturated heterocycles. The van der Waals surface area contributed by atoms with Crippen LogP contribution in [-0.4, -0.2) is 35.3 Å².